The second kappa shape index (κ2) is 9.88. The van der Waals surface area contributed by atoms with E-state index in [2.05, 4.69) is 0 Å². The van der Waals surface area contributed by atoms with Gasteiger partial charge in [0, 0.05) is 0 Å². The summed E-state index contributed by atoms with van der Waals surface area (Å²) >= 11 is -4.20. The molecule has 0 aromatic heterocycles. The Morgan fingerprint density at radius 2 is 1.00 bits per heavy atom. The van der Waals surface area contributed by atoms with Gasteiger partial charge in [-0.25, -0.2) is 0 Å². The van der Waals surface area contributed by atoms with E-state index in [9.17, 15) is 0 Å². The van der Waals surface area contributed by atoms with E-state index >= 15 is 0 Å². The fraction of sp³-hybridized carbons (Fsp3) is 0. The molecule has 0 aromatic rings. The molecular formula is H2LiNaNbO3. The molecule has 0 fully saturated rings. The van der Waals surface area contributed by atoms with Crippen LogP contribution in [0, 0.1) is 0 Å². The van der Waals surface area contributed by atoms with Crippen LogP contribution in [0.15, 0.2) is 0 Å². The number of hydrogen-bond acceptors (Lipinski definition) is 3. The average Bonchev–Trinajstić information content (AvgIpc) is 0.811. The van der Waals surface area contributed by atoms with Gasteiger partial charge in [0.15, 0.2) is 0 Å². The maximum absolute atomic E-state index is 8.60. The topological polar surface area (TPSA) is 51.2 Å². The van der Waals surface area contributed by atoms with Crippen molar-refractivity contribution in [1.82, 2.24) is 0 Å². The Hall–Kier alpha value is 1.74. The third-order valence-corrected chi connectivity index (χ3v) is 0. The molecule has 27 valence electrons. The first kappa shape index (κ1) is 15.6. The summed E-state index contributed by atoms with van der Waals surface area (Å²) in [6.07, 6.45) is 0. The van der Waals surface area contributed by atoms with Gasteiger partial charge in [-0.2, -0.15) is 0 Å². The zero-order valence-electron chi connectivity index (χ0n) is 1.67. The van der Waals surface area contributed by atoms with Crippen molar-refractivity contribution in [2.75, 3.05) is 0 Å². The average molecular weight is 173 g/mol. The second-order valence-corrected chi connectivity index (χ2v) is 1.32. The van der Waals surface area contributed by atoms with Crippen molar-refractivity contribution in [3.8, 4) is 0 Å². The fourth-order valence-electron chi connectivity index (χ4n) is 0. The first-order valence-electron chi connectivity index (χ1n) is 0.548. The Labute approximate surface area is 75.5 Å². The molecular weight excluding hydrogens is 171 g/mol. The van der Waals surface area contributed by atoms with Crippen LogP contribution in [0.2, 0.25) is 0 Å². The summed E-state index contributed by atoms with van der Waals surface area (Å²) in [4.78, 5) is 0. The van der Waals surface area contributed by atoms with Crippen LogP contribution in [0.3, 0.4) is 0 Å². The predicted molar refractivity (Wildman–Crippen MR) is 16.4 cm³/mol. The predicted octanol–water partition coefficient (Wildman–Crippen LogP) is -1.66. The van der Waals surface area contributed by atoms with Gasteiger partial charge in [0.2, 0.25) is 0 Å². The molecule has 0 spiro atoms. The van der Waals surface area contributed by atoms with Crippen molar-refractivity contribution in [3.63, 3.8) is 0 Å². The minimum absolute atomic E-state index is 0. The SMILES string of the molecule is [LiH].[NaH].[O]=[Nb](=[O])=[O]. The zero-order valence-corrected chi connectivity index (χ0v) is 3.87. The van der Waals surface area contributed by atoms with Gasteiger partial charge in [-0.1, -0.05) is 0 Å². The molecule has 0 saturated carbocycles. The molecule has 0 saturated heterocycles. The Bertz CT molecular complexity index is 80.2. The third kappa shape index (κ3) is 42.7. The van der Waals surface area contributed by atoms with E-state index in [0.717, 1.165) is 0 Å². The van der Waals surface area contributed by atoms with Gasteiger partial charge in [-0.3, -0.25) is 0 Å². The van der Waals surface area contributed by atoms with Crippen molar-refractivity contribution in [1.29, 1.82) is 0 Å². The van der Waals surface area contributed by atoms with Gasteiger partial charge in [0.1, 0.15) is 0 Å². The van der Waals surface area contributed by atoms with Crippen LogP contribution < -0.4 is 0 Å². The van der Waals surface area contributed by atoms with Crippen molar-refractivity contribution >= 4 is 48.4 Å². The van der Waals surface area contributed by atoms with Crippen molar-refractivity contribution in [3.05, 3.63) is 0 Å². The molecule has 0 rings (SSSR count). The van der Waals surface area contributed by atoms with Crippen LogP contribution in [0.5, 0.6) is 0 Å². The van der Waals surface area contributed by atoms with E-state index in [0.29, 0.717) is 0 Å². The molecule has 0 bridgehead atoms. The Morgan fingerprint density at radius 3 is 1.00 bits per heavy atom. The summed E-state index contributed by atoms with van der Waals surface area (Å²) in [5, 5.41) is 0. The molecule has 0 aliphatic rings. The van der Waals surface area contributed by atoms with E-state index in [1.54, 1.807) is 0 Å². The summed E-state index contributed by atoms with van der Waals surface area (Å²) in [6, 6.07) is 0. The fourth-order valence-corrected chi connectivity index (χ4v) is 0. The van der Waals surface area contributed by atoms with Crippen LogP contribution in [0.25, 0.3) is 0 Å². The summed E-state index contributed by atoms with van der Waals surface area (Å²) in [5.41, 5.74) is 0. The normalized spacial score (nSPS) is 4.00. The number of hydrogen-bond donors (Lipinski definition) is 0. The summed E-state index contributed by atoms with van der Waals surface area (Å²) in [5.74, 6) is 0. The van der Waals surface area contributed by atoms with Gasteiger partial charge in [0.25, 0.3) is 0 Å². The minimum atomic E-state index is -4.20. The maximum atomic E-state index is 8.60. The second-order valence-electron chi connectivity index (χ2n) is 0.224. The van der Waals surface area contributed by atoms with E-state index in [1.807, 2.05) is 0 Å². The molecule has 0 aliphatic heterocycles. The molecule has 0 unspecified atom stereocenters. The summed E-state index contributed by atoms with van der Waals surface area (Å²) in [6.45, 7) is 0. The molecule has 0 radical (unpaired) electrons. The molecule has 0 heterocycles. The van der Waals surface area contributed by atoms with Crippen LogP contribution >= 0.6 is 0 Å². The molecule has 0 atom stereocenters. The summed E-state index contributed by atoms with van der Waals surface area (Å²) in [7, 11) is 0. The van der Waals surface area contributed by atoms with E-state index in [-0.39, 0.29) is 48.4 Å². The quantitative estimate of drug-likeness (QED) is 0.412. The molecule has 3 nitrogen and oxygen atoms in total. The zero-order chi connectivity index (χ0) is 3.58. The van der Waals surface area contributed by atoms with Crippen LogP contribution in [-0.4, -0.2) is 48.4 Å². The molecule has 0 aromatic carbocycles. The molecule has 0 N–H and O–H groups in total. The molecule has 0 aliphatic carbocycles. The first-order valence-corrected chi connectivity index (χ1v) is 3.24. The summed E-state index contributed by atoms with van der Waals surface area (Å²) < 4.78 is 25.8. The van der Waals surface area contributed by atoms with E-state index in [4.69, 9.17) is 9.75 Å². The molecule has 6 heavy (non-hydrogen) atoms. The van der Waals surface area contributed by atoms with Crippen molar-refractivity contribution in [2.45, 2.75) is 0 Å². The van der Waals surface area contributed by atoms with Crippen LogP contribution in [-0.2, 0) is 28.1 Å². The van der Waals surface area contributed by atoms with Gasteiger partial charge >= 0.3 is 76.5 Å². The number of rotatable bonds is 0. The van der Waals surface area contributed by atoms with Gasteiger partial charge in [-0.05, 0) is 0 Å². The first-order chi connectivity index (χ1) is 1.73. The van der Waals surface area contributed by atoms with Crippen LogP contribution in [0.1, 0.15) is 0 Å². The molecule has 0 amide bonds. The standard InChI is InChI=1S/Li.Na.Nb.3O.2H. The van der Waals surface area contributed by atoms with E-state index in [1.165, 1.54) is 0 Å². The van der Waals surface area contributed by atoms with Crippen molar-refractivity contribution < 1.29 is 28.1 Å². The Balaban J connectivity index is -0.0000000450. The van der Waals surface area contributed by atoms with Gasteiger partial charge in [0.05, 0.1) is 0 Å². The van der Waals surface area contributed by atoms with Crippen LogP contribution in [0.4, 0.5) is 0 Å². The van der Waals surface area contributed by atoms with Crippen molar-refractivity contribution in [2.24, 2.45) is 0 Å². The van der Waals surface area contributed by atoms with Gasteiger partial charge < -0.3 is 0 Å². The molecule has 6 heteroatoms. The monoisotopic (exact) mass is 173 g/mol. The third-order valence-electron chi connectivity index (χ3n) is 0. The Morgan fingerprint density at radius 1 is 1.00 bits per heavy atom. The Kier molecular flexibility index (Phi) is 25.8. The van der Waals surface area contributed by atoms with Gasteiger partial charge in [-0.15, -0.1) is 0 Å². The van der Waals surface area contributed by atoms with E-state index < -0.39 is 18.4 Å².